The monoisotopic (exact) mass is 444 g/mol. The van der Waals surface area contributed by atoms with Crippen LogP contribution in [0.2, 0.25) is 0 Å². The van der Waals surface area contributed by atoms with E-state index in [1.165, 1.54) is 11.0 Å². The van der Waals surface area contributed by atoms with E-state index in [4.69, 9.17) is 9.90 Å². The molecule has 3 atom stereocenters. The van der Waals surface area contributed by atoms with E-state index < -0.39 is 12.1 Å². The molecule has 4 rings (SSSR count). The Morgan fingerprint density at radius 3 is 2.84 bits per heavy atom. The summed E-state index contributed by atoms with van der Waals surface area (Å²) in [5.41, 5.74) is 1.92. The number of nitrogens with one attached hydrogen (secondary N) is 2. The highest BCUT2D eigenvalue weighted by molar-refractivity contribution is 5.79. The molecule has 3 aromatic heterocycles. The number of hydrogen-bond donors (Lipinski definition) is 4. The zero-order chi connectivity index (χ0) is 22.9. The lowest BCUT2D eigenvalue weighted by molar-refractivity contribution is -0.129. The molecule has 4 N–H and O–H groups in total. The third-order valence-electron chi connectivity index (χ3n) is 5.21. The van der Waals surface area contributed by atoms with Crippen molar-refractivity contribution >= 4 is 23.8 Å². The molecule has 1 aliphatic carbocycles. The molecule has 0 unspecified atom stereocenters. The predicted molar refractivity (Wildman–Crippen MR) is 109 cm³/mol. The van der Waals surface area contributed by atoms with Crippen LogP contribution < -0.4 is 10.6 Å². The van der Waals surface area contributed by atoms with Gasteiger partial charge in [0.1, 0.15) is 12.9 Å². The fourth-order valence-electron chi connectivity index (χ4n) is 3.69. The van der Waals surface area contributed by atoms with Crippen LogP contribution in [0.3, 0.4) is 0 Å². The minimum atomic E-state index is -0.683. The first-order valence-electron chi connectivity index (χ1n) is 9.96. The first kappa shape index (κ1) is 22.8. The van der Waals surface area contributed by atoms with Crippen LogP contribution in [-0.2, 0) is 27.5 Å². The van der Waals surface area contributed by atoms with Crippen LogP contribution >= 0.6 is 0 Å². The summed E-state index contributed by atoms with van der Waals surface area (Å²) in [6.07, 6.45) is 5.63. The van der Waals surface area contributed by atoms with Gasteiger partial charge in [0.25, 0.3) is 6.47 Å². The molecular weight excluding hydrogens is 420 g/mol. The van der Waals surface area contributed by atoms with E-state index in [1.54, 1.807) is 10.7 Å². The van der Waals surface area contributed by atoms with E-state index in [2.05, 4.69) is 31.3 Å². The largest absolute Gasteiger partial charge is 0.483 e. The van der Waals surface area contributed by atoms with Gasteiger partial charge in [0.2, 0.25) is 11.8 Å². The normalized spacial score (nSPS) is 20.1. The maximum atomic E-state index is 12.7. The van der Waals surface area contributed by atoms with E-state index >= 15 is 0 Å². The molecule has 1 fully saturated rings. The molecule has 1 aliphatic rings. The third-order valence-corrected chi connectivity index (χ3v) is 5.21. The van der Waals surface area contributed by atoms with Crippen molar-refractivity contribution < 1.29 is 24.6 Å². The number of aliphatic hydroxyl groups is 1. The van der Waals surface area contributed by atoms with Crippen LogP contribution in [0.1, 0.15) is 24.8 Å². The van der Waals surface area contributed by atoms with Gasteiger partial charge in [-0.05, 0) is 47.4 Å². The standard InChI is InChI=1S/C18H22N8O3.CH2O2/c27-16-4-3-12(8-14(16)22-17(28)10-25-11-20-23-24-25)18(29)19-9-13-2-1-7-26-15(13)5-6-21-26;2-1-3/h1-2,5-7,11-12,14,16,27H,3-4,8-10H2,(H,19,29)(H,22,28);1H,(H,2,3)/t12-,14+,16+;/m0./s1. The number of pyridine rings is 1. The highest BCUT2D eigenvalue weighted by Crippen LogP contribution is 2.25. The lowest BCUT2D eigenvalue weighted by Crippen LogP contribution is -2.50. The van der Waals surface area contributed by atoms with Crippen LogP contribution in [0.15, 0.2) is 36.9 Å². The molecular formula is C19H24N8O5. The Labute approximate surface area is 182 Å². The molecule has 0 aromatic carbocycles. The molecule has 13 heteroatoms. The van der Waals surface area contributed by atoms with Crippen molar-refractivity contribution in [2.75, 3.05) is 0 Å². The molecule has 0 radical (unpaired) electrons. The van der Waals surface area contributed by atoms with Crippen LogP contribution in [0.4, 0.5) is 0 Å². The Hall–Kier alpha value is -3.87. The zero-order valence-corrected chi connectivity index (χ0v) is 17.1. The Balaban J connectivity index is 0.000000913. The topological polar surface area (TPSA) is 177 Å². The second-order valence-electron chi connectivity index (χ2n) is 7.28. The van der Waals surface area contributed by atoms with Gasteiger partial charge in [-0.25, -0.2) is 9.20 Å². The lowest BCUT2D eigenvalue weighted by atomic mass is 9.83. The molecule has 1 saturated carbocycles. The van der Waals surface area contributed by atoms with E-state index in [-0.39, 0.29) is 30.7 Å². The number of rotatable bonds is 6. The van der Waals surface area contributed by atoms with Gasteiger partial charge in [0.15, 0.2) is 0 Å². The maximum absolute atomic E-state index is 12.7. The van der Waals surface area contributed by atoms with Crippen molar-refractivity contribution in [3.8, 4) is 0 Å². The van der Waals surface area contributed by atoms with E-state index in [0.717, 1.165) is 11.1 Å². The Kier molecular flexibility index (Phi) is 7.80. The molecule has 2 amide bonds. The van der Waals surface area contributed by atoms with E-state index in [0.29, 0.717) is 25.8 Å². The average Bonchev–Trinajstić information content (AvgIpc) is 3.46. The Morgan fingerprint density at radius 1 is 1.28 bits per heavy atom. The number of amides is 2. The Bertz CT molecular complexity index is 1040. The van der Waals surface area contributed by atoms with Gasteiger partial charge in [-0.1, -0.05) is 6.07 Å². The molecule has 3 heterocycles. The second-order valence-corrected chi connectivity index (χ2v) is 7.28. The van der Waals surface area contributed by atoms with Crippen molar-refractivity contribution in [2.24, 2.45) is 5.92 Å². The summed E-state index contributed by atoms with van der Waals surface area (Å²) in [4.78, 5) is 33.2. The molecule has 0 saturated heterocycles. The van der Waals surface area contributed by atoms with Crippen molar-refractivity contribution in [3.63, 3.8) is 0 Å². The smallest absolute Gasteiger partial charge is 0.290 e. The Morgan fingerprint density at radius 2 is 2.09 bits per heavy atom. The summed E-state index contributed by atoms with van der Waals surface area (Å²) in [5.74, 6) is -0.672. The lowest BCUT2D eigenvalue weighted by Gasteiger charge is -2.33. The first-order chi connectivity index (χ1) is 15.5. The number of carboxylic acid groups (broad SMARTS) is 1. The van der Waals surface area contributed by atoms with Crippen molar-refractivity contribution in [1.82, 2.24) is 40.5 Å². The number of aromatic nitrogens is 6. The SMILES string of the molecule is O=C(Cn1cnnn1)N[C@@H]1C[C@@H](C(=O)NCc2cccn3nccc23)CC[C@H]1O.O=CO. The highest BCUT2D eigenvalue weighted by atomic mass is 16.3. The van der Waals surface area contributed by atoms with Crippen LogP contribution in [0.5, 0.6) is 0 Å². The van der Waals surface area contributed by atoms with Gasteiger partial charge < -0.3 is 20.8 Å². The number of aliphatic hydroxyl groups excluding tert-OH is 1. The molecule has 13 nitrogen and oxygen atoms in total. The molecule has 0 aliphatic heterocycles. The summed E-state index contributed by atoms with van der Waals surface area (Å²) in [5, 5.41) is 37.7. The predicted octanol–water partition coefficient (Wildman–Crippen LogP) is -1.02. The van der Waals surface area contributed by atoms with Crippen molar-refractivity contribution in [2.45, 2.75) is 44.5 Å². The van der Waals surface area contributed by atoms with Gasteiger partial charge in [-0.3, -0.25) is 14.4 Å². The molecule has 0 spiro atoms. The van der Waals surface area contributed by atoms with Gasteiger partial charge >= 0.3 is 0 Å². The summed E-state index contributed by atoms with van der Waals surface area (Å²) >= 11 is 0. The highest BCUT2D eigenvalue weighted by Gasteiger charge is 2.33. The number of fused-ring (bicyclic) bond motifs is 1. The number of hydrogen-bond acceptors (Lipinski definition) is 8. The fraction of sp³-hybridized carbons (Fsp3) is 0.421. The number of carbonyl (C=O) groups excluding carboxylic acids is 2. The number of tetrazole rings is 1. The molecule has 0 bridgehead atoms. The van der Waals surface area contributed by atoms with Crippen LogP contribution in [0.25, 0.3) is 5.52 Å². The summed E-state index contributed by atoms with van der Waals surface area (Å²) in [7, 11) is 0. The van der Waals surface area contributed by atoms with Crippen molar-refractivity contribution in [1.29, 1.82) is 0 Å². The van der Waals surface area contributed by atoms with E-state index in [9.17, 15) is 14.7 Å². The van der Waals surface area contributed by atoms with Crippen molar-refractivity contribution in [3.05, 3.63) is 42.5 Å². The summed E-state index contributed by atoms with van der Waals surface area (Å²) in [6, 6.07) is 5.24. The average molecular weight is 444 g/mol. The van der Waals surface area contributed by atoms with Gasteiger partial charge in [-0.2, -0.15) is 5.10 Å². The maximum Gasteiger partial charge on any atom is 0.290 e. The summed E-state index contributed by atoms with van der Waals surface area (Å²) in [6.45, 7) is 0.104. The molecule has 32 heavy (non-hydrogen) atoms. The molecule has 170 valence electrons. The fourth-order valence-corrected chi connectivity index (χ4v) is 3.69. The quantitative estimate of drug-likeness (QED) is 0.347. The van der Waals surface area contributed by atoms with E-state index in [1.807, 2.05) is 24.4 Å². The molecule has 3 aromatic rings. The minimum absolute atomic E-state index is 0.0392. The number of carbonyl (C=O) groups is 3. The van der Waals surface area contributed by atoms with Gasteiger partial charge in [0.05, 0.1) is 17.7 Å². The van der Waals surface area contributed by atoms with Gasteiger partial charge in [-0.15, -0.1) is 5.10 Å². The zero-order valence-electron chi connectivity index (χ0n) is 17.1. The van der Waals surface area contributed by atoms with Crippen LogP contribution in [0, 0.1) is 5.92 Å². The second kappa shape index (κ2) is 10.9. The summed E-state index contributed by atoms with van der Waals surface area (Å²) < 4.78 is 3.06. The van der Waals surface area contributed by atoms with Gasteiger partial charge in [0, 0.05) is 24.9 Å². The first-order valence-corrected chi connectivity index (χ1v) is 9.96. The third kappa shape index (κ3) is 5.85. The van der Waals surface area contributed by atoms with Crippen LogP contribution in [-0.4, -0.2) is 70.5 Å². The minimum Gasteiger partial charge on any atom is -0.483 e. The number of nitrogens with zero attached hydrogens (tertiary/aromatic N) is 6.